The van der Waals surface area contributed by atoms with Gasteiger partial charge in [0.25, 0.3) is 0 Å². The van der Waals surface area contributed by atoms with Crippen molar-refractivity contribution in [2.24, 2.45) is 7.05 Å². The third-order valence-electron chi connectivity index (χ3n) is 3.98. The third-order valence-corrected chi connectivity index (χ3v) is 3.98. The van der Waals surface area contributed by atoms with Crippen molar-refractivity contribution in [2.75, 3.05) is 0 Å². The van der Waals surface area contributed by atoms with Crippen LogP contribution in [0.3, 0.4) is 0 Å². The molecule has 0 radical (unpaired) electrons. The Balaban J connectivity index is 2.32. The molecule has 0 spiro atoms. The van der Waals surface area contributed by atoms with Crippen molar-refractivity contribution < 1.29 is 9.13 Å². The van der Waals surface area contributed by atoms with Gasteiger partial charge in [0.2, 0.25) is 5.69 Å². The molecule has 2 aromatic heterocycles. The summed E-state index contributed by atoms with van der Waals surface area (Å²) in [5, 5.41) is 0. The molecule has 0 bridgehead atoms. The number of hydrogen-bond donors (Lipinski definition) is 0. The van der Waals surface area contributed by atoms with Gasteiger partial charge in [0, 0.05) is 36.8 Å². The van der Waals surface area contributed by atoms with E-state index in [9.17, 15) is 0 Å². The predicted molar refractivity (Wildman–Crippen MR) is 88.1 cm³/mol. The average molecular weight is 302 g/mol. The van der Waals surface area contributed by atoms with Crippen LogP contribution >= 0.6 is 0 Å². The van der Waals surface area contributed by atoms with Gasteiger partial charge in [-0.05, 0) is 18.0 Å². The quantitative estimate of drug-likeness (QED) is 0.527. The second-order valence-electron chi connectivity index (χ2n) is 5.52. The second-order valence-corrected chi connectivity index (χ2v) is 5.52. The Bertz CT molecular complexity index is 856. The fourth-order valence-electron chi connectivity index (χ4n) is 2.73. The molecule has 2 heterocycles. The first kappa shape index (κ1) is 14.9. The largest absolute Gasteiger partial charge is 0.329 e. The van der Waals surface area contributed by atoms with Crippen LogP contribution in [0.1, 0.15) is 11.3 Å². The lowest BCUT2D eigenvalue weighted by Gasteiger charge is -2.08. The molecule has 0 aliphatic heterocycles. The highest BCUT2D eigenvalue weighted by atomic mass is 15.0. The Kier molecular flexibility index (Phi) is 3.86. The topological polar surface area (TPSA) is 25.0 Å². The van der Waals surface area contributed by atoms with E-state index in [0.29, 0.717) is 5.69 Å². The van der Waals surface area contributed by atoms with Crippen LogP contribution in [-0.4, -0.2) is 4.98 Å². The maximum Gasteiger partial charge on any atom is 0.329 e. The normalized spacial score (nSPS) is 10.3. The molecule has 0 aliphatic rings. The zero-order valence-corrected chi connectivity index (χ0v) is 13.5. The standard InChI is InChI=1S/C19H18N4/c1-14-8-5-6-11-23(14)18-13-16(20-3)12-17(15(18)2)19-21-9-7-10-22(19)4/h5-13H,1-2,4H3/q+2. The smallest absolute Gasteiger partial charge is 0.238 e. The number of aromatic nitrogens is 3. The first-order valence-corrected chi connectivity index (χ1v) is 7.42. The Morgan fingerprint density at radius 2 is 1.91 bits per heavy atom. The van der Waals surface area contributed by atoms with Gasteiger partial charge >= 0.3 is 5.82 Å². The third kappa shape index (κ3) is 2.69. The summed E-state index contributed by atoms with van der Waals surface area (Å²) in [6, 6.07) is 11.8. The van der Waals surface area contributed by atoms with Gasteiger partial charge in [-0.15, -0.1) is 0 Å². The minimum Gasteiger partial charge on any atom is -0.238 e. The lowest BCUT2D eigenvalue weighted by atomic mass is 10.0. The Labute approximate surface area is 136 Å². The molecule has 1 aromatic carbocycles. The summed E-state index contributed by atoms with van der Waals surface area (Å²) < 4.78 is 4.08. The lowest BCUT2D eigenvalue weighted by molar-refractivity contribution is -0.663. The van der Waals surface area contributed by atoms with Gasteiger partial charge in [-0.2, -0.15) is 4.57 Å². The van der Waals surface area contributed by atoms with E-state index in [2.05, 4.69) is 34.3 Å². The molecule has 4 nitrogen and oxygen atoms in total. The van der Waals surface area contributed by atoms with Crippen LogP contribution in [0.2, 0.25) is 0 Å². The Morgan fingerprint density at radius 1 is 1.09 bits per heavy atom. The van der Waals surface area contributed by atoms with Crippen molar-refractivity contribution in [1.82, 2.24) is 4.98 Å². The van der Waals surface area contributed by atoms with Gasteiger partial charge in [0.05, 0.1) is 25.4 Å². The number of benzene rings is 1. The minimum atomic E-state index is 0.613. The van der Waals surface area contributed by atoms with Crippen molar-refractivity contribution in [2.45, 2.75) is 13.8 Å². The number of rotatable bonds is 2. The number of nitrogens with zero attached hydrogens (tertiary/aromatic N) is 4. The summed E-state index contributed by atoms with van der Waals surface area (Å²) in [4.78, 5) is 8.14. The van der Waals surface area contributed by atoms with Crippen molar-refractivity contribution in [3.8, 4) is 17.1 Å². The van der Waals surface area contributed by atoms with Crippen LogP contribution in [0.5, 0.6) is 0 Å². The molecule has 0 aliphatic carbocycles. The SMILES string of the molecule is [C-]#[N+]c1cc(-c2nccc[n+]2C)c(C)c(-[n+]2ccccc2C)c1. The number of hydrogen-bond acceptors (Lipinski definition) is 1. The molecule has 3 aromatic rings. The molecule has 0 unspecified atom stereocenters. The molecular formula is C19H18N4+2. The molecule has 0 amide bonds. The summed E-state index contributed by atoms with van der Waals surface area (Å²) in [5.74, 6) is 0.853. The maximum atomic E-state index is 7.43. The molecule has 23 heavy (non-hydrogen) atoms. The van der Waals surface area contributed by atoms with Crippen molar-refractivity contribution in [1.29, 1.82) is 0 Å². The molecule has 112 valence electrons. The fraction of sp³-hybridized carbons (Fsp3) is 0.158. The highest BCUT2D eigenvalue weighted by molar-refractivity contribution is 5.69. The molecule has 3 rings (SSSR count). The minimum absolute atomic E-state index is 0.613. The Morgan fingerprint density at radius 3 is 2.61 bits per heavy atom. The summed E-state index contributed by atoms with van der Waals surface area (Å²) in [6.45, 7) is 11.6. The maximum absolute atomic E-state index is 7.43. The lowest BCUT2D eigenvalue weighted by Crippen LogP contribution is -2.35. The number of aryl methyl sites for hydroxylation is 2. The summed E-state index contributed by atoms with van der Waals surface area (Å²) in [7, 11) is 1.97. The molecular weight excluding hydrogens is 284 g/mol. The number of pyridine rings is 1. The molecule has 0 saturated heterocycles. The van der Waals surface area contributed by atoms with E-state index in [0.717, 1.165) is 28.3 Å². The molecule has 0 N–H and O–H groups in total. The van der Waals surface area contributed by atoms with E-state index >= 15 is 0 Å². The first-order valence-electron chi connectivity index (χ1n) is 7.42. The van der Waals surface area contributed by atoms with Crippen molar-refractivity contribution in [3.63, 3.8) is 0 Å². The van der Waals surface area contributed by atoms with E-state index in [1.165, 1.54) is 0 Å². The van der Waals surface area contributed by atoms with Gasteiger partial charge in [-0.25, -0.2) is 9.41 Å². The van der Waals surface area contributed by atoms with Crippen LogP contribution in [-0.2, 0) is 7.05 Å². The van der Waals surface area contributed by atoms with Crippen LogP contribution in [0.4, 0.5) is 5.69 Å². The molecule has 0 saturated carbocycles. The van der Waals surface area contributed by atoms with Crippen molar-refractivity contribution in [3.05, 3.63) is 77.7 Å². The zero-order valence-electron chi connectivity index (χ0n) is 13.5. The van der Waals surface area contributed by atoms with E-state index in [4.69, 9.17) is 6.57 Å². The molecule has 0 atom stereocenters. The average Bonchev–Trinajstić information content (AvgIpc) is 2.57. The van der Waals surface area contributed by atoms with Gasteiger partial charge in [-0.1, -0.05) is 6.07 Å². The van der Waals surface area contributed by atoms with E-state index in [1.54, 1.807) is 6.20 Å². The zero-order chi connectivity index (χ0) is 16.4. The van der Waals surface area contributed by atoms with Gasteiger partial charge in [-0.3, -0.25) is 0 Å². The van der Waals surface area contributed by atoms with E-state index < -0.39 is 0 Å². The monoisotopic (exact) mass is 302 g/mol. The van der Waals surface area contributed by atoms with Crippen LogP contribution in [0, 0.1) is 20.4 Å². The summed E-state index contributed by atoms with van der Waals surface area (Å²) >= 11 is 0. The summed E-state index contributed by atoms with van der Waals surface area (Å²) in [5.41, 5.74) is 4.83. The molecule has 0 fully saturated rings. The van der Waals surface area contributed by atoms with Gasteiger partial charge < -0.3 is 0 Å². The Hall–Kier alpha value is -3.06. The molecule has 4 heteroatoms. The first-order chi connectivity index (χ1) is 11.1. The summed E-state index contributed by atoms with van der Waals surface area (Å²) in [6.07, 6.45) is 5.76. The van der Waals surface area contributed by atoms with Gasteiger partial charge in [0.15, 0.2) is 17.6 Å². The van der Waals surface area contributed by atoms with Crippen LogP contribution < -0.4 is 9.13 Å². The fourth-order valence-corrected chi connectivity index (χ4v) is 2.73. The highest BCUT2D eigenvalue weighted by Crippen LogP contribution is 2.28. The predicted octanol–water partition coefficient (Wildman–Crippen LogP) is 3.02. The van der Waals surface area contributed by atoms with E-state index in [-0.39, 0.29) is 0 Å². The van der Waals surface area contributed by atoms with Gasteiger partial charge in [0.1, 0.15) is 6.20 Å². The second kappa shape index (κ2) is 5.98. The van der Waals surface area contributed by atoms with Crippen molar-refractivity contribution >= 4 is 5.69 Å². The van der Waals surface area contributed by atoms with E-state index in [1.807, 2.05) is 54.3 Å². The van der Waals surface area contributed by atoms with Crippen LogP contribution in [0.15, 0.2) is 55.0 Å². The highest BCUT2D eigenvalue weighted by Gasteiger charge is 2.23. The van der Waals surface area contributed by atoms with Crippen LogP contribution in [0.25, 0.3) is 21.9 Å².